The number of amides is 3. The molecule has 0 unspecified atom stereocenters. The highest BCUT2D eigenvalue weighted by atomic mass is 16.2. The zero-order valence-electron chi connectivity index (χ0n) is 10.3. The maximum absolute atomic E-state index is 11.5. The molecular formula is C12H20N2O3. The molecule has 0 bridgehead atoms. The van der Waals surface area contributed by atoms with Gasteiger partial charge in [0.25, 0.3) is 0 Å². The van der Waals surface area contributed by atoms with Gasteiger partial charge in [0, 0.05) is 19.4 Å². The minimum atomic E-state index is -0.245. The first kappa shape index (κ1) is 13.7. The van der Waals surface area contributed by atoms with Crippen molar-refractivity contribution in [2.24, 2.45) is 0 Å². The molecule has 17 heavy (non-hydrogen) atoms. The van der Waals surface area contributed by atoms with Crippen molar-refractivity contribution in [3.63, 3.8) is 0 Å². The molecule has 0 aromatic rings. The van der Waals surface area contributed by atoms with Crippen LogP contribution < -0.4 is 5.32 Å². The smallest absolute Gasteiger partial charge is 0.240 e. The summed E-state index contributed by atoms with van der Waals surface area (Å²) in [6.45, 7) is 2.63. The van der Waals surface area contributed by atoms with Crippen molar-refractivity contribution in [3.05, 3.63) is 0 Å². The quantitative estimate of drug-likeness (QED) is 0.529. The van der Waals surface area contributed by atoms with Crippen molar-refractivity contribution in [1.29, 1.82) is 0 Å². The Balaban J connectivity index is 2.16. The largest absolute Gasteiger partial charge is 0.355 e. The van der Waals surface area contributed by atoms with Crippen molar-refractivity contribution in [1.82, 2.24) is 10.2 Å². The number of imide groups is 1. The van der Waals surface area contributed by atoms with Gasteiger partial charge in [-0.15, -0.1) is 0 Å². The standard InChI is InChI=1S/C12H20N2O3/c1-2-3-4-5-8-13-10(15)9-14-11(16)6-7-12(14)17/h2-9H2,1H3,(H,13,15). The maximum Gasteiger partial charge on any atom is 0.240 e. The summed E-state index contributed by atoms with van der Waals surface area (Å²) in [5.41, 5.74) is 0. The van der Waals surface area contributed by atoms with E-state index in [2.05, 4.69) is 12.2 Å². The van der Waals surface area contributed by atoms with Crippen LogP contribution in [-0.2, 0) is 14.4 Å². The summed E-state index contributed by atoms with van der Waals surface area (Å²) in [5, 5.41) is 2.72. The number of likely N-dealkylation sites (tertiary alicyclic amines) is 1. The summed E-state index contributed by atoms with van der Waals surface area (Å²) in [6.07, 6.45) is 4.84. The van der Waals surface area contributed by atoms with Crippen LogP contribution in [0.1, 0.15) is 45.4 Å². The topological polar surface area (TPSA) is 66.5 Å². The van der Waals surface area contributed by atoms with Crippen molar-refractivity contribution in [2.75, 3.05) is 13.1 Å². The number of rotatable bonds is 7. The van der Waals surface area contributed by atoms with Gasteiger partial charge < -0.3 is 5.32 Å². The summed E-state index contributed by atoms with van der Waals surface area (Å²) in [7, 11) is 0. The van der Waals surface area contributed by atoms with E-state index in [0.29, 0.717) is 6.54 Å². The van der Waals surface area contributed by atoms with Gasteiger partial charge in [0.05, 0.1) is 0 Å². The molecule has 0 saturated carbocycles. The Morgan fingerprint density at radius 3 is 2.41 bits per heavy atom. The van der Waals surface area contributed by atoms with Crippen molar-refractivity contribution in [2.45, 2.75) is 45.4 Å². The van der Waals surface area contributed by atoms with Crippen LogP contribution >= 0.6 is 0 Å². The van der Waals surface area contributed by atoms with Crippen LogP contribution in [0.2, 0.25) is 0 Å². The number of nitrogens with zero attached hydrogens (tertiary/aromatic N) is 1. The number of hydrogen-bond acceptors (Lipinski definition) is 3. The molecule has 0 radical (unpaired) electrons. The fraction of sp³-hybridized carbons (Fsp3) is 0.750. The average Bonchev–Trinajstić information content (AvgIpc) is 2.60. The summed E-state index contributed by atoms with van der Waals surface area (Å²) < 4.78 is 0. The van der Waals surface area contributed by atoms with Gasteiger partial charge in [-0.25, -0.2) is 0 Å². The van der Waals surface area contributed by atoms with Crippen LogP contribution in [0.3, 0.4) is 0 Å². The first-order chi connectivity index (χ1) is 8.15. The Morgan fingerprint density at radius 2 is 1.82 bits per heavy atom. The van der Waals surface area contributed by atoms with Crippen molar-refractivity contribution >= 4 is 17.7 Å². The molecule has 0 aromatic heterocycles. The van der Waals surface area contributed by atoms with Gasteiger partial charge in [-0.1, -0.05) is 26.2 Å². The van der Waals surface area contributed by atoms with Crippen LogP contribution in [-0.4, -0.2) is 35.7 Å². The zero-order valence-corrected chi connectivity index (χ0v) is 10.3. The summed E-state index contributed by atoms with van der Waals surface area (Å²) in [5.74, 6) is -0.725. The van der Waals surface area contributed by atoms with E-state index >= 15 is 0 Å². The van der Waals surface area contributed by atoms with E-state index in [4.69, 9.17) is 0 Å². The predicted molar refractivity (Wildman–Crippen MR) is 63.1 cm³/mol. The van der Waals surface area contributed by atoms with Crippen molar-refractivity contribution < 1.29 is 14.4 Å². The first-order valence-electron chi connectivity index (χ1n) is 6.25. The van der Waals surface area contributed by atoms with Gasteiger partial charge in [0.2, 0.25) is 17.7 Å². The second-order valence-electron chi connectivity index (χ2n) is 4.28. The van der Waals surface area contributed by atoms with Crippen LogP contribution in [0.15, 0.2) is 0 Å². The number of nitrogens with one attached hydrogen (secondary N) is 1. The molecule has 1 rings (SSSR count). The molecule has 1 saturated heterocycles. The average molecular weight is 240 g/mol. The SMILES string of the molecule is CCCCCCNC(=O)CN1C(=O)CCC1=O. The highest BCUT2D eigenvalue weighted by molar-refractivity contribution is 6.04. The Kier molecular flexibility index (Phi) is 5.66. The lowest BCUT2D eigenvalue weighted by Gasteiger charge is -2.13. The Morgan fingerprint density at radius 1 is 1.18 bits per heavy atom. The molecule has 0 aromatic carbocycles. The molecule has 5 nitrogen and oxygen atoms in total. The second-order valence-corrected chi connectivity index (χ2v) is 4.28. The molecule has 0 atom stereocenters. The molecule has 1 aliphatic rings. The normalized spacial score (nSPS) is 15.5. The van der Waals surface area contributed by atoms with Gasteiger partial charge in [-0.05, 0) is 6.42 Å². The Labute approximate surface area is 102 Å². The molecule has 96 valence electrons. The van der Waals surface area contributed by atoms with E-state index in [9.17, 15) is 14.4 Å². The third-order valence-electron chi connectivity index (χ3n) is 2.81. The number of hydrogen-bond donors (Lipinski definition) is 1. The van der Waals surface area contributed by atoms with Gasteiger partial charge >= 0.3 is 0 Å². The fourth-order valence-electron chi connectivity index (χ4n) is 1.78. The molecule has 0 spiro atoms. The third-order valence-corrected chi connectivity index (χ3v) is 2.81. The van der Waals surface area contributed by atoms with Gasteiger partial charge in [0.1, 0.15) is 6.54 Å². The lowest BCUT2D eigenvalue weighted by Crippen LogP contribution is -2.40. The highest BCUT2D eigenvalue weighted by Crippen LogP contribution is 2.10. The Bertz CT molecular complexity index is 286. The van der Waals surface area contributed by atoms with Crippen LogP contribution in [0.5, 0.6) is 0 Å². The molecular weight excluding hydrogens is 220 g/mol. The third kappa shape index (κ3) is 4.54. The molecule has 1 aliphatic heterocycles. The van der Waals surface area contributed by atoms with Gasteiger partial charge in [-0.2, -0.15) is 0 Å². The van der Waals surface area contributed by atoms with Crippen LogP contribution in [0.25, 0.3) is 0 Å². The zero-order chi connectivity index (χ0) is 12.7. The highest BCUT2D eigenvalue weighted by Gasteiger charge is 2.30. The minimum absolute atomic E-state index is 0.120. The minimum Gasteiger partial charge on any atom is -0.355 e. The predicted octanol–water partition coefficient (Wildman–Crippen LogP) is 0.832. The van der Waals surface area contributed by atoms with E-state index in [1.165, 1.54) is 6.42 Å². The Hall–Kier alpha value is -1.39. The summed E-state index contributed by atoms with van der Waals surface area (Å²) >= 11 is 0. The molecule has 1 N–H and O–H groups in total. The summed E-state index contributed by atoms with van der Waals surface area (Å²) in [6, 6.07) is 0. The van der Waals surface area contributed by atoms with Crippen LogP contribution in [0, 0.1) is 0 Å². The first-order valence-corrected chi connectivity index (χ1v) is 6.25. The monoisotopic (exact) mass is 240 g/mol. The lowest BCUT2D eigenvalue weighted by atomic mass is 10.2. The van der Waals surface area contributed by atoms with Crippen molar-refractivity contribution in [3.8, 4) is 0 Å². The molecule has 3 amide bonds. The van der Waals surface area contributed by atoms with E-state index in [0.717, 1.165) is 24.2 Å². The van der Waals surface area contributed by atoms with Gasteiger partial charge in [-0.3, -0.25) is 19.3 Å². The number of carbonyl (C=O) groups excluding carboxylic acids is 3. The maximum atomic E-state index is 11.5. The van der Waals surface area contributed by atoms with E-state index < -0.39 is 0 Å². The molecule has 1 heterocycles. The second kappa shape index (κ2) is 7.04. The number of unbranched alkanes of at least 4 members (excludes halogenated alkanes) is 3. The lowest BCUT2D eigenvalue weighted by molar-refractivity contribution is -0.142. The van der Waals surface area contributed by atoms with Gasteiger partial charge in [0.15, 0.2) is 0 Å². The number of carbonyl (C=O) groups is 3. The molecule has 5 heteroatoms. The van der Waals surface area contributed by atoms with Crippen LogP contribution in [0.4, 0.5) is 0 Å². The summed E-state index contributed by atoms with van der Waals surface area (Å²) in [4.78, 5) is 35.0. The van der Waals surface area contributed by atoms with E-state index in [1.54, 1.807) is 0 Å². The molecule has 0 aliphatic carbocycles. The molecule has 1 fully saturated rings. The van der Waals surface area contributed by atoms with E-state index in [-0.39, 0.29) is 37.1 Å². The fourth-order valence-corrected chi connectivity index (χ4v) is 1.78. The van der Waals surface area contributed by atoms with E-state index in [1.807, 2.05) is 0 Å².